The number of aliphatic hydroxyl groups is 4. The Morgan fingerprint density at radius 3 is 2.44 bits per heavy atom. The molecule has 224 valence electrons. The maximum Gasteiger partial charge on any atom is 0.186 e. The van der Waals surface area contributed by atoms with E-state index in [1.54, 1.807) is 0 Å². The van der Waals surface area contributed by atoms with Gasteiger partial charge in [0, 0.05) is 0 Å². The molecule has 1 unspecified atom stereocenters. The van der Waals surface area contributed by atoms with E-state index < -0.39 is 37.3 Å². The summed E-state index contributed by atoms with van der Waals surface area (Å²) in [7, 11) is 0. The van der Waals surface area contributed by atoms with Crippen molar-refractivity contribution in [2.24, 2.45) is 46.3 Å². The molecule has 6 nitrogen and oxygen atoms in total. The molecule has 4 aliphatic carbocycles. The quantitative estimate of drug-likeness (QED) is 0.311. The molecule has 1 heterocycles. The van der Waals surface area contributed by atoms with Crippen LogP contribution >= 0.6 is 0 Å². The van der Waals surface area contributed by atoms with Crippen LogP contribution in [0, 0.1) is 46.3 Å². The van der Waals surface area contributed by atoms with Crippen LogP contribution in [0.3, 0.4) is 0 Å². The summed E-state index contributed by atoms with van der Waals surface area (Å²) >= 11 is 0. The Balaban J connectivity index is 1.24. The Bertz CT molecular complexity index is 872. The Morgan fingerprint density at radius 1 is 0.949 bits per heavy atom. The molecule has 5 aliphatic rings. The van der Waals surface area contributed by atoms with Crippen LogP contribution in [0.1, 0.15) is 105 Å². The molecule has 39 heavy (non-hydrogen) atoms. The Hall–Kier alpha value is -0.500. The minimum absolute atomic E-state index is 0.0984. The average Bonchev–Trinajstić information content (AvgIpc) is 3.26. The van der Waals surface area contributed by atoms with Gasteiger partial charge < -0.3 is 29.9 Å². The van der Waals surface area contributed by atoms with E-state index >= 15 is 0 Å². The summed E-state index contributed by atoms with van der Waals surface area (Å²) in [6, 6.07) is 0. The van der Waals surface area contributed by atoms with Crippen molar-refractivity contribution in [2.75, 3.05) is 6.61 Å². The number of rotatable bonds is 8. The third-order valence-electron chi connectivity index (χ3n) is 12.4. The van der Waals surface area contributed by atoms with Gasteiger partial charge in [-0.05, 0) is 97.7 Å². The van der Waals surface area contributed by atoms with Crippen molar-refractivity contribution in [2.45, 2.75) is 142 Å². The summed E-state index contributed by atoms with van der Waals surface area (Å²) in [6.07, 6.45) is 9.98. The zero-order valence-electron chi connectivity index (χ0n) is 25.1. The number of allylic oxidation sites excluding steroid dienone is 1. The molecule has 3 saturated carbocycles. The molecule has 4 fully saturated rings. The highest BCUT2D eigenvalue weighted by atomic mass is 16.7. The lowest BCUT2D eigenvalue weighted by molar-refractivity contribution is -0.313. The summed E-state index contributed by atoms with van der Waals surface area (Å²) < 4.78 is 11.9. The van der Waals surface area contributed by atoms with Gasteiger partial charge in [0.2, 0.25) is 0 Å². The van der Waals surface area contributed by atoms with E-state index in [0.717, 1.165) is 54.8 Å². The van der Waals surface area contributed by atoms with E-state index in [2.05, 4.69) is 40.7 Å². The third kappa shape index (κ3) is 5.41. The van der Waals surface area contributed by atoms with E-state index in [9.17, 15) is 20.4 Å². The van der Waals surface area contributed by atoms with Gasteiger partial charge in [-0.3, -0.25) is 0 Å². The fourth-order valence-electron chi connectivity index (χ4n) is 10.1. The standard InChI is InChI=1S/C33H56O6/c1-19(2)7-6-8-20(3)24-11-12-25-23-10-9-21-17-22(13-15-32(21,4)26(23)14-16-33(24,25)5)38-31-30(37)29(36)28(35)27(18-34)39-31/h9,19-20,22-31,34-37H,6-8,10-18H2,1-5H3/t20?,22-,23-,24+,25-,26-,27+,28+,29-,30+,31+,32-,33+/m0/s1. The second kappa shape index (κ2) is 11.6. The molecule has 1 saturated heterocycles. The van der Waals surface area contributed by atoms with Crippen LogP contribution in [0.5, 0.6) is 0 Å². The molecule has 13 atom stereocenters. The van der Waals surface area contributed by atoms with Crippen molar-refractivity contribution in [1.82, 2.24) is 0 Å². The molecular weight excluding hydrogens is 492 g/mol. The van der Waals surface area contributed by atoms with Crippen LogP contribution in [0.4, 0.5) is 0 Å². The summed E-state index contributed by atoms with van der Waals surface area (Å²) in [4.78, 5) is 0. The lowest BCUT2D eigenvalue weighted by atomic mass is 9.47. The van der Waals surface area contributed by atoms with Crippen molar-refractivity contribution in [3.63, 3.8) is 0 Å². The van der Waals surface area contributed by atoms with Crippen LogP contribution in [0.15, 0.2) is 11.6 Å². The predicted octanol–water partition coefficient (Wildman–Crippen LogP) is 5.21. The molecule has 5 rings (SSSR count). The summed E-state index contributed by atoms with van der Waals surface area (Å²) in [5, 5.41) is 40.3. The third-order valence-corrected chi connectivity index (χ3v) is 12.4. The van der Waals surface area contributed by atoms with Crippen LogP contribution in [0.25, 0.3) is 0 Å². The summed E-state index contributed by atoms with van der Waals surface area (Å²) in [6.45, 7) is 12.0. The first-order valence-corrected chi connectivity index (χ1v) is 16.1. The molecule has 1 aliphatic heterocycles. The Morgan fingerprint density at radius 2 is 1.72 bits per heavy atom. The first-order chi connectivity index (χ1) is 18.5. The monoisotopic (exact) mass is 548 g/mol. The van der Waals surface area contributed by atoms with Crippen molar-refractivity contribution in [3.05, 3.63) is 11.6 Å². The molecule has 4 N–H and O–H groups in total. The van der Waals surface area contributed by atoms with Gasteiger partial charge in [-0.25, -0.2) is 0 Å². The molecule has 6 heteroatoms. The second-order valence-corrected chi connectivity index (χ2v) is 15.0. The largest absolute Gasteiger partial charge is 0.394 e. The molecular formula is C33H56O6. The van der Waals surface area contributed by atoms with Crippen molar-refractivity contribution in [3.8, 4) is 0 Å². The Kier molecular flexibility index (Phi) is 8.95. The van der Waals surface area contributed by atoms with Gasteiger partial charge in [0.15, 0.2) is 6.29 Å². The van der Waals surface area contributed by atoms with Crippen LogP contribution in [-0.4, -0.2) is 63.8 Å². The highest BCUT2D eigenvalue weighted by molar-refractivity contribution is 5.25. The van der Waals surface area contributed by atoms with Gasteiger partial charge >= 0.3 is 0 Å². The van der Waals surface area contributed by atoms with Crippen LogP contribution < -0.4 is 0 Å². The fourth-order valence-corrected chi connectivity index (χ4v) is 10.1. The maximum atomic E-state index is 10.5. The van der Waals surface area contributed by atoms with Gasteiger partial charge in [0.1, 0.15) is 24.4 Å². The minimum atomic E-state index is -1.39. The molecule has 0 amide bonds. The van der Waals surface area contributed by atoms with Crippen molar-refractivity contribution >= 4 is 0 Å². The van der Waals surface area contributed by atoms with Gasteiger partial charge in [-0.15, -0.1) is 0 Å². The zero-order chi connectivity index (χ0) is 28.1. The van der Waals surface area contributed by atoms with Gasteiger partial charge in [0.05, 0.1) is 12.7 Å². The number of fused-ring (bicyclic) bond motifs is 5. The molecule has 0 spiro atoms. The average molecular weight is 549 g/mol. The normalized spacial score (nSPS) is 48.7. The second-order valence-electron chi connectivity index (χ2n) is 15.0. The molecule has 0 aromatic rings. The first-order valence-electron chi connectivity index (χ1n) is 16.1. The van der Waals surface area contributed by atoms with E-state index in [1.165, 1.54) is 56.9 Å². The highest BCUT2D eigenvalue weighted by Gasteiger charge is 2.59. The fraction of sp³-hybridized carbons (Fsp3) is 0.939. The van der Waals surface area contributed by atoms with Gasteiger partial charge in [-0.1, -0.05) is 65.5 Å². The number of hydrogen-bond acceptors (Lipinski definition) is 6. The summed E-state index contributed by atoms with van der Waals surface area (Å²) in [5.74, 6) is 4.87. The van der Waals surface area contributed by atoms with Crippen LogP contribution in [0.2, 0.25) is 0 Å². The van der Waals surface area contributed by atoms with E-state index in [1.807, 2.05) is 0 Å². The van der Waals surface area contributed by atoms with E-state index in [-0.39, 0.29) is 11.5 Å². The highest BCUT2D eigenvalue weighted by Crippen LogP contribution is 2.67. The van der Waals surface area contributed by atoms with Gasteiger partial charge in [0.25, 0.3) is 0 Å². The van der Waals surface area contributed by atoms with Crippen LogP contribution in [-0.2, 0) is 9.47 Å². The number of aliphatic hydroxyl groups excluding tert-OH is 4. The lowest BCUT2D eigenvalue weighted by Crippen LogP contribution is -2.60. The van der Waals surface area contributed by atoms with Crippen molar-refractivity contribution < 1.29 is 29.9 Å². The molecule has 0 aromatic heterocycles. The van der Waals surface area contributed by atoms with Crippen molar-refractivity contribution in [1.29, 1.82) is 0 Å². The molecule has 0 aromatic carbocycles. The zero-order valence-corrected chi connectivity index (χ0v) is 25.1. The van der Waals surface area contributed by atoms with E-state index in [0.29, 0.717) is 5.41 Å². The first kappa shape index (κ1) is 30.0. The molecule has 0 bridgehead atoms. The number of ether oxygens (including phenoxy) is 2. The lowest BCUT2D eigenvalue weighted by Gasteiger charge is -2.58. The predicted molar refractivity (Wildman–Crippen MR) is 152 cm³/mol. The van der Waals surface area contributed by atoms with Gasteiger partial charge in [-0.2, -0.15) is 0 Å². The number of hydrogen-bond donors (Lipinski definition) is 4. The summed E-state index contributed by atoms with van der Waals surface area (Å²) in [5.41, 5.74) is 2.20. The van der Waals surface area contributed by atoms with E-state index in [4.69, 9.17) is 9.47 Å². The Labute approximate surface area is 236 Å². The maximum absolute atomic E-state index is 10.5. The SMILES string of the molecule is CC(C)CCCC(C)[C@H]1CC[C@H]2[C@@H]3CC=C4C[C@@H](O[C@@H]5O[C@H](CO)[C@@H](O)[C@H](O)[C@H]5O)CC[C@]4(C)[C@H]3CC[C@]12C. The topological polar surface area (TPSA) is 99.4 Å². The smallest absolute Gasteiger partial charge is 0.186 e. The molecule has 0 radical (unpaired) electrons. The minimum Gasteiger partial charge on any atom is -0.394 e.